The van der Waals surface area contributed by atoms with Gasteiger partial charge in [-0.25, -0.2) is 15.0 Å². The van der Waals surface area contributed by atoms with E-state index in [0.29, 0.717) is 41.9 Å². The Bertz CT molecular complexity index is 1060. The third-order valence-corrected chi connectivity index (χ3v) is 5.13. The first-order valence-electron chi connectivity index (χ1n) is 9.35. The molecule has 4 heterocycles. The standard InChI is InChI=1S/C20H23N5O4/c1-11(12-7-17(26)21-9-12)29-20-18-15(22-10-25(18)2)8-14(24-20)13-5-6-16(27-3)19(23-13)28-4/h5-6,8,10-12H,7,9H2,1-4H3,(H,21,26)/t11-,12?/m1/s1. The highest BCUT2D eigenvalue weighted by atomic mass is 16.5. The van der Waals surface area contributed by atoms with Gasteiger partial charge in [-0.1, -0.05) is 0 Å². The smallest absolute Gasteiger partial charge is 0.257 e. The minimum atomic E-state index is -0.187. The van der Waals surface area contributed by atoms with Crippen molar-refractivity contribution in [1.82, 2.24) is 24.8 Å². The number of hydrogen-bond donors (Lipinski definition) is 1. The maximum absolute atomic E-state index is 11.6. The fourth-order valence-corrected chi connectivity index (χ4v) is 3.46. The van der Waals surface area contributed by atoms with Crippen LogP contribution in [0.5, 0.6) is 17.5 Å². The van der Waals surface area contributed by atoms with E-state index < -0.39 is 0 Å². The van der Waals surface area contributed by atoms with Crippen LogP contribution in [0, 0.1) is 5.92 Å². The maximum atomic E-state index is 11.6. The first-order chi connectivity index (χ1) is 14.0. The number of pyridine rings is 2. The van der Waals surface area contributed by atoms with Crippen LogP contribution < -0.4 is 19.5 Å². The Balaban J connectivity index is 1.74. The molecule has 4 rings (SSSR count). The normalized spacial score (nSPS) is 17.2. The zero-order valence-electron chi connectivity index (χ0n) is 16.8. The molecule has 152 valence electrons. The predicted molar refractivity (Wildman–Crippen MR) is 106 cm³/mol. The molecule has 0 aromatic carbocycles. The van der Waals surface area contributed by atoms with E-state index in [0.717, 1.165) is 11.0 Å². The van der Waals surface area contributed by atoms with Gasteiger partial charge in [0, 0.05) is 25.9 Å². The number of aryl methyl sites for hydroxylation is 1. The van der Waals surface area contributed by atoms with Gasteiger partial charge >= 0.3 is 0 Å². The summed E-state index contributed by atoms with van der Waals surface area (Å²) in [4.78, 5) is 25.2. The predicted octanol–water partition coefficient (Wildman–Crippen LogP) is 1.95. The number of nitrogens with zero attached hydrogens (tertiary/aromatic N) is 4. The summed E-state index contributed by atoms with van der Waals surface area (Å²) >= 11 is 0. The number of methoxy groups -OCH3 is 2. The van der Waals surface area contributed by atoms with Crippen molar-refractivity contribution in [3.05, 3.63) is 24.5 Å². The van der Waals surface area contributed by atoms with Gasteiger partial charge in [0.05, 0.1) is 37.5 Å². The van der Waals surface area contributed by atoms with Crippen molar-refractivity contribution in [3.8, 4) is 28.9 Å². The van der Waals surface area contributed by atoms with E-state index in [1.807, 2.05) is 30.7 Å². The molecule has 9 nitrogen and oxygen atoms in total. The van der Waals surface area contributed by atoms with Gasteiger partial charge in [-0.2, -0.15) is 0 Å². The zero-order valence-corrected chi connectivity index (χ0v) is 16.8. The number of ether oxygens (including phenoxy) is 3. The summed E-state index contributed by atoms with van der Waals surface area (Å²) in [6.45, 7) is 2.56. The topological polar surface area (TPSA) is 100 Å². The van der Waals surface area contributed by atoms with E-state index >= 15 is 0 Å². The molecule has 1 fully saturated rings. The van der Waals surface area contributed by atoms with Gasteiger partial charge in [-0.05, 0) is 25.1 Å². The first kappa shape index (κ1) is 19.0. The quantitative estimate of drug-likeness (QED) is 0.678. The lowest BCUT2D eigenvalue weighted by molar-refractivity contribution is -0.119. The second kappa shape index (κ2) is 7.57. The molecule has 29 heavy (non-hydrogen) atoms. The highest BCUT2D eigenvalue weighted by Crippen LogP contribution is 2.32. The van der Waals surface area contributed by atoms with Crippen molar-refractivity contribution in [2.75, 3.05) is 20.8 Å². The lowest BCUT2D eigenvalue weighted by Crippen LogP contribution is -2.26. The molecular formula is C20H23N5O4. The number of aromatic nitrogens is 4. The van der Waals surface area contributed by atoms with Crippen LogP contribution in [0.2, 0.25) is 0 Å². The van der Waals surface area contributed by atoms with E-state index in [4.69, 9.17) is 19.2 Å². The minimum Gasteiger partial charge on any atom is -0.491 e. The van der Waals surface area contributed by atoms with Crippen LogP contribution >= 0.6 is 0 Å². The van der Waals surface area contributed by atoms with E-state index in [9.17, 15) is 4.79 Å². The van der Waals surface area contributed by atoms with E-state index in [1.165, 1.54) is 7.11 Å². The molecule has 0 bridgehead atoms. The van der Waals surface area contributed by atoms with Crippen molar-refractivity contribution >= 4 is 16.9 Å². The highest BCUT2D eigenvalue weighted by molar-refractivity contribution is 5.84. The summed E-state index contributed by atoms with van der Waals surface area (Å²) < 4.78 is 18.7. The van der Waals surface area contributed by atoms with Crippen molar-refractivity contribution in [2.24, 2.45) is 13.0 Å². The largest absolute Gasteiger partial charge is 0.491 e. The molecule has 1 aliphatic heterocycles. The summed E-state index contributed by atoms with van der Waals surface area (Å²) in [6.07, 6.45) is 1.98. The van der Waals surface area contributed by atoms with Crippen molar-refractivity contribution < 1.29 is 19.0 Å². The van der Waals surface area contributed by atoms with E-state index in [1.54, 1.807) is 19.5 Å². The summed E-state index contributed by atoms with van der Waals surface area (Å²) in [5, 5.41) is 2.85. The average Bonchev–Trinajstić information content (AvgIpc) is 3.33. The molecule has 3 aromatic rings. The third kappa shape index (κ3) is 3.55. The van der Waals surface area contributed by atoms with Crippen LogP contribution in [0.4, 0.5) is 0 Å². The van der Waals surface area contributed by atoms with Gasteiger partial charge in [0.1, 0.15) is 11.6 Å². The monoisotopic (exact) mass is 397 g/mol. The second-order valence-electron chi connectivity index (χ2n) is 7.04. The van der Waals surface area contributed by atoms with Gasteiger partial charge < -0.3 is 24.1 Å². The Labute approximate surface area is 168 Å². The molecule has 1 amide bonds. The number of carbonyl (C=O) groups excluding carboxylic acids is 1. The minimum absolute atomic E-state index is 0.0485. The third-order valence-electron chi connectivity index (χ3n) is 5.13. The van der Waals surface area contributed by atoms with Gasteiger partial charge in [0.25, 0.3) is 5.88 Å². The molecule has 9 heteroatoms. The number of fused-ring (bicyclic) bond motifs is 1. The average molecular weight is 397 g/mol. The number of rotatable bonds is 6. The number of amides is 1. The van der Waals surface area contributed by atoms with Crippen LogP contribution in [-0.4, -0.2) is 52.3 Å². The lowest BCUT2D eigenvalue weighted by Gasteiger charge is -2.20. The zero-order chi connectivity index (χ0) is 20.5. The summed E-state index contributed by atoms with van der Waals surface area (Å²) in [7, 11) is 4.99. The Morgan fingerprint density at radius 3 is 2.66 bits per heavy atom. The van der Waals surface area contributed by atoms with Crippen molar-refractivity contribution in [3.63, 3.8) is 0 Å². The maximum Gasteiger partial charge on any atom is 0.257 e. The molecule has 0 spiro atoms. The van der Waals surface area contributed by atoms with Crippen LogP contribution in [0.25, 0.3) is 22.4 Å². The van der Waals surface area contributed by atoms with Crippen LogP contribution in [-0.2, 0) is 11.8 Å². The SMILES string of the molecule is COc1ccc(-c2cc3ncn(C)c3c(O[C@H](C)C3CNC(=O)C3)n2)nc1OC. The van der Waals surface area contributed by atoms with Crippen LogP contribution in [0.15, 0.2) is 24.5 Å². The van der Waals surface area contributed by atoms with Gasteiger partial charge in [0.15, 0.2) is 5.75 Å². The second-order valence-corrected chi connectivity index (χ2v) is 7.04. The molecule has 1 saturated heterocycles. The fraction of sp³-hybridized carbons (Fsp3) is 0.400. The Morgan fingerprint density at radius 1 is 1.17 bits per heavy atom. The Morgan fingerprint density at radius 2 is 1.97 bits per heavy atom. The molecular weight excluding hydrogens is 374 g/mol. The molecule has 1 aliphatic rings. The number of hydrogen-bond acceptors (Lipinski definition) is 7. The lowest BCUT2D eigenvalue weighted by atomic mass is 10.0. The van der Waals surface area contributed by atoms with Gasteiger partial charge in [-0.15, -0.1) is 0 Å². The fourth-order valence-electron chi connectivity index (χ4n) is 3.46. The van der Waals surface area contributed by atoms with E-state index in [-0.39, 0.29) is 17.9 Å². The molecule has 2 atom stereocenters. The number of imidazole rings is 1. The van der Waals surface area contributed by atoms with E-state index in [2.05, 4.69) is 15.3 Å². The van der Waals surface area contributed by atoms with Gasteiger partial charge in [0.2, 0.25) is 11.8 Å². The van der Waals surface area contributed by atoms with Crippen molar-refractivity contribution in [1.29, 1.82) is 0 Å². The summed E-state index contributed by atoms with van der Waals surface area (Å²) in [5.74, 6) is 1.52. The number of nitrogens with one attached hydrogen (secondary N) is 1. The molecule has 0 aliphatic carbocycles. The molecule has 0 radical (unpaired) electrons. The Kier molecular flexibility index (Phi) is 4.96. The molecule has 0 saturated carbocycles. The summed E-state index contributed by atoms with van der Waals surface area (Å²) in [5.41, 5.74) is 2.76. The van der Waals surface area contributed by atoms with Gasteiger partial charge in [-0.3, -0.25) is 4.79 Å². The highest BCUT2D eigenvalue weighted by Gasteiger charge is 2.29. The van der Waals surface area contributed by atoms with Crippen LogP contribution in [0.1, 0.15) is 13.3 Å². The first-order valence-corrected chi connectivity index (χ1v) is 9.35. The summed E-state index contributed by atoms with van der Waals surface area (Å²) in [6, 6.07) is 5.46. The van der Waals surface area contributed by atoms with Crippen molar-refractivity contribution in [2.45, 2.75) is 19.4 Å². The molecule has 1 unspecified atom stereocenters. The van der Waals surface area contributed by atoms with Crippen LogP contribution in [0.3, 0.4) is 0 Å². The molecule has 3 aromatic heterocycles. The Hall–Kier alpha value is -3.36. The number of carbonyl (C=O) groups is 1. The molecule has 1 N–H and O–H groups in total.